The molecule has 212 valence electrons. The zero-order valence-corrected chi connectivity index (χ0v) is 26.8. The summed E-state index contributed by atoms with van der Waals surface area (Å²) in [5.74, 6) is 3.64. The summed E-state index contributed by atoms with van der Waals surface area (Å²) >= 11 is 0. The predicted octanol–water partition coefficient (Wildman–Crippen LogP) is 9.64. The number of hydrogen-bond donors (Lipinski definition) is 0. The lowest BCUT2D eigenvalue weighted by molar-refractivity contribution is -0.120. The van der Waals surface area contributed by atoms with E-state index in [2.05, 4.69) is 87.8 Å². The lowest BCUT2D eigenvalue weighted by atomic mass is 9.82. The number of allylic oxidation sites excluding steroid dienone is 1. The molecule has 2 fully saturated rings. The van der Waals surface area contributed by atoms with Gasteiger partial charge >= 0.3 is 0 Å². The number of rotatable bonds is 6. The molecule has 2 aliphatic rings. The van der Waals surface area contributed by atoms with Gasteiger partial charge < -0.3 is 9.47 Å². The molecule has 0 aliphatic heterocycles. The van der Waals surface area contributed by atoms with Crippen LogP contribution in [0.15, 0.2) is 103 Å². The summed E-state index contributed by atoms with van der Waals surface area (Å²) in [7, 11) is 7.35. The Bertz CT molecular complexity index is 1150. The van der Waals surface area contributed by atoms with Crippen molar-refractivity contribution in [2.24, 2.45) is 0 Å². The highest BCUT2D eigenvalue weighted by atomic mass is 32.4. The van der Waals surface area contributed by atoms with E-state index in [1.54, 1.807) is 14.2 Å². The van der Waals surface area contributed by atoms with E-state index in [1.807, 2.05) is 24.4 Å². The first-order valence-electron chi connectivity index (χ1n) is 14.1. The largest absolute Gasteiger partial charge is 0.504 e. The molecule has 3 aromatic rings. The fourth-order valence-electron chi connectivity index (χ4n) is 5.08. The summed E-state index contributed by atoms with van der Waals surface area (Å²) in [6.45, 7) is 0. The average molecular weight is 593 g/mol. The molecule has 0 radical (unpaired) electrons. The Hall–Kier alpha value is -2.14. The second-order valence-electron chi connectivity index (χ2n) is 10.1. The van der Waals surface area contributed by atoms with Crippen molar-refractivity contribution in [2.45, 2.75) is 63.2 Å². The van der Waals surface area contributed by atoms with Crippen molar-refractivity contribution in [1.82, 2.24) is 0 Å². The Kier molecular flexibility index (Phi) is 15.4. The number of benzene rings is 3. The molecular formula is C34H43O3P3. The second kappa shape index (κ2) is 19.1. The van der Waals surface area contributed by atoms with Crippen LogP contribution in [0.1, 0.15) is 74.3 Å². The highest BCUT2D eigenvalue weighted by Gasteiger charge is 2.19. The van der Waals surface area contributed by atoms with E-state index in [-0.39, 0.29) is 7.30 Å². The van der Waals surface area contributed by atoms with E-state index in [1.165, 1.54) is 55.6 Å². The third-order valence-electron chi connectivity index (χ3n) is 7.30. The van der Waals surface area contributed by atoms with Crippen molar-refractivity contribution in [3.05, 3.63) is 114 Å². The molecule has 0 aromatic heterocycles. The summed E-state index contributed by atoms with van der Waals surface area (Å²) in [6, 6.07) is 31.8. The quantitative estimate of drug-likeness (QED) is 0.211. The van der Waals surface area contributed by atoms with Gasteiger partial charge in [-0.1, -0.05) is 99.9 Å². The van der Waals surface area contributed by atoms with Gasteiger partial charge in [-0.05, 0) is 87.6 Å². The summed E-state index contributed by atoms with van der Waals surface area (Å²) in [6.07, 6.45) is 10.5. The molecule has 40 heavy (non-hydrogen) atoms. The summed E-state index contributed by atoms with van der Waals surface area (Å²) < 4.78 is 9.96. The molecule has 2 unspecified atom stereocenters. The van der Waals surface area contributed by atoms with E-state index < -0.39 is 0 Å². The van der Waals surface area contributed by atoms with E-state index in [0.717, 1.165) is 31.6 Å². The summed E-state index contributed by atoms with van der Waals surface area (Å²) in [5, 5.41) is 1.38. The fourth-order valence-corrected chi connectivity index (χ4v) is 8.28. The zero-order chi connectivity index (χ0) is 28.4. The first-order valence-corrected chi connectivity index (χ1v) is 18.7. The van der Waals surface area contributed by atoms with E-state index >= 15 is 0 Å². The van der Waals surface area contributed by atoms with Crippen LogP contribution in [0.5, 0.6) is 0 Å². The van der Waals surface area contributed by atoms with Crippen LogP contribution in [0.3, 0.4) is 0 Å². The van der Waals surface area contributed by atoms with Crippen LogP contribution in [-0.4, -0.2) is 26.0 Å². The number of ether oxygens (including phenoxy) is 2. The standard InChI is InChI=1S/C14H18O.C12H14O.C8H11OP3/c1-15-11-12-7-9-14(10-8-12)13-5-3-2-4-6-13;13-12-8-6-11(7-9-12)10-4-2-1-3-5-10;1-9-7-11-12(10)8-5-3-2-4-6-8/h2-6,11,14H,7-10H2,1H3;1-5,11H,6-9H2;2-7H,10H2,1H3. The third kappa shape index (κ3) is 11.8. The monoisotopic (exact) mass is 592 g/mol. The van der Waals surface area contributed by atoms with Crippen molar-refractivity contribution in [3.8, 4) is 0 Å². The third-order valence-corrected chi connectivity index (χ3v) is 12.5. The normalized spacial score (nSPS) is 18.1. The van der Waals surface area contributed by atoms with Gasteiger partial charge in [-0.25, -0.2) is 0 Å². The number of ketones is 1. The first kappa shape index (κ1) is 32.4. The Morgan fingerprint density at radius 1 is 0.700 bits per heavy atom. The lowest BCUT2D eigenvalue weighted by Crippen LogP contribution is -2.12. The molecular weight excluding hydrogens is 549 g/mol. The number of carbonyl (C=O) groups excluding carboxylic acids is 1. The fraction of sp³-hybridized carbons (Fsp3) is 0.353. The number of Topliss-reactive ketones (excluding diaryl/α,β-unsaturated/α-hetero) is 1. The van der Waals surface area contributed by atoms with Crippen LogP contribution in [0.25, 0.3) is 0 Å². The van der Waals surface area contributed by atoms with Gasteiger partial charge in [0, 0.05) is 20.0 Å². The van der Waals surface area contributed by atoms with Gasteiger partial charge in [-0.15, -0.1) is 0 Å². The topological polar surface area (TPSA) is 35.5 Å². The molecule has 0 N–H and O–H groups in total. The summed E-state index contributed by atoms with van der Waals surface area (Å²) in [5.41, 5.74) is 4.36. The average Bonchev–Trinajstić information content (AvgIpc) is 3.03. The minimum atomic E-state index is -0.173. The SMILES string of the molecule is COC=C1CCC(c2ccccc2)CC1.COC=PP(P)c1ccccc1.O=C1CCC(c2ccccc2)CC1. The molecule has 6 heteroatoms. The van der Waals surface area contributed by atoms with Crippen LogP contribution in [0, 0.1) is 0 Å². The van der Waals surface area contributed by atoms with Crippen LogP contribution < -0.4 is 5.30 Å². The van der Waals surface area contributed by atoms with Gasteiger partial charge in [-0.2, -0.15) is 0 Å². The molecule has 3 aromatic carbocycles. The van der Waals surface area contributed by atoms with E-state index in [0.29, 0.717) is 11.7 Å². The predicted molar refractivity (Wildman–Crippen MR) is 178 cm³/mol. The molecule has 0 heterocycles. The highest BCUT2D eigenvalue weighted by Crippen LogP contribution is 2.55. The Labute approximate surface area is 246 Å². The van der Waals surface area contributed by atoms with E-state index in [4.69, 9.17) is 9.47 Å². The molecule has 0 saturated heterocycles. The number of hydrogen-bond acceptors (Lipinski definition) is 3. The second-order valence-corrected chi connectivity index (χ2v) is 16.5. The van der Waals surface area contributed by atoms with Crippen LogP contribution >= 0.6 is 24.1 Å². The van der Waals surface area contributed by atoms with Crippen molar-refractivity contribution < 1.29 is 14.3 Å². The first-order chi connectivity index (χ1) is 19.6. The van der Waals surface area contributed by atoms with Gasteiger partial charge in [0.1, 0.15) is 5.78 Å². The van der Waals surface area contributed by atoms with Gasteiger partial charge in [0.25, 0.3) is 0 Å². The Balaban J connectivity index is 0.000000167. The minimum absolute atomic E-state index is 0.173. The van der Waals surface area contributed by atoms with Gasteiger partial charge in [0.05, 0.1) is 19.4 Å². The Morgan fingerprint density at radius 3 is 1.60 bits per heavy atom. The number of carbonyl (C=O) groups is 1. The van der Waals surface area contributed by atoms with Gasteiger partial charge in [-0.3, -0.25) is 4.79 Å². The molecule has 3 nitrogen and oxygen atoms in total. The van der Waals surface area contributed by atoms with Crippen molar-refractivity contribution in [3.63, 3.8) is 0 Å². The molecule has 0 amide bonds. The Morgan fingerprint density at radius 2 is 1.15 bits per heavy atom. The van der Waals surface area contributed by atoms with Crippen molar-refractivity contribution >= 4 is 41.2 Å². The number of methoxy groups -OCH3 is 2. The van der Waals surface area contributed by atoms with Crippen LogP contribution in [-0.2, 0) is 14.3 Å². The van der Waals surface area contributed by atoms with Crippen LogP contribution in [0.4, 0.5) is 0 Å². The van der Waals surface area contributed by atoms with Crippen molar-refractivity contribution in [2.75, 3.05) is 14.2 Å². The summed E-state index contributed by atoms with van der Waals surface area (Å²) in [4.78, 5) is 11.0. The molecule has 2 aliphatic carbocycles. The molecule has 0 spiro atoms. The molecule has 0 bridgehead atoms. The maximum absolute atomic E-state index is 11.0. The maximum atomic E-state index is 11.0. The molecule has 2 atom stereocenters. The van der Waals surface area contributed by atoms with Crippen LogP contribution in [0.2, 0.25) is 0 Å². The highest BCUT2D eigenvalue weighted by molar-refractivity contribution is 8.50. The smallest absolute Gasteiger partial charge is 0.132 e. The van der Waals surface area contributed by atoms with Gasteiger partial charge in [0.15, 0.2) is 0 Å². The molecule has 5 rings (SSSR count). The minimum Gasteiger partial charge on any atom is -0.504 e. The zero-order valence-electron chi connectivity index (χ0n) is 23.8. The van der Waals surface area contributed by atoms with E-state index in [9.17, 15) is 4.79 Å². The van der Waals surface area contributed by atoms with Gasteiger partial charge in [0.2, 0.25) is 0 Å². The van der Waals surface area contributed by atoms with Crippen molar-refractivity contribution in [1.29, 1.82) is 0 Å². The lowest BCUT2D eigenvalue weighted by Gasteiger charge is -2.23. The molecule has 2 saturated carbocycles. The maximum Gasteiger partial charge on any atom is 0.132 e.